The van der Waals surface area contributed by atoms with Gasteiger partial charge in [0, 0.05) is 11.8 Å². The third-order valence-corrected chi connectivity index (χ3v) is 4.44. The number of hydrogen-bond donors (Lipinski definition) is 2. The van der Waals surface area contributed by atoms with Gasteiger partial charge >= 0.3 is 0 Å². The fourth-order valence-corrected chi connectivity index (χ4v) is 3.03. The molecule has 0 aliphatic rings. The molecular formula is C21H16F2N4O2. The number of carbonyl (C=O) groups is 1. The van der Waals surface area contributed by atoms with E-state index in [1.54, 1.807) is 55.0 Å². The van der Waals surface area contributed by atoms with Gasteiger partial charge in [-0.05, 0) is 48.0 Å². The quantitative estimate of drug-likeness (QED) is 0.519. The van der Waals surface area contributed by atoms with Gasteiger partial charge in [0.1, 0.15) is 0 Å². The number of nitrogens with zero attached hydrogens (tertiary/aromatic N) is 2. The Morgan fingerprint density at radius 2 is 2.03 bits per heavy atom. The summed E-state index contributed by atoms with van der Waals surface area (Å²) in [5.74, 6) is -1.30. The van der Waals surface area contributed by atoms with E-state index in [2.05, 4.69) is 25.0 Å². The van der Waals surface area contributed by atoms with Gasteiger partial charge in [0.25, 0.3) is 5.91 Å². The Morgan fingerprint density at radius 3 is 2.79 bits per heavy atom. The first kappa shape index (κ1) is 18.5. The van der Waals surface area contributed by atoms with Crippen LogP contribution in [0.2, 0.25) is 0 Å². The molecule has 0 aliphatic carbocycles. The molecule has 1 atom stereocenters. The van der Waals surface area contributed by atoms with Crippen molar-refractivity contribution in [3.8, 4) is 5.75 Å². The van der Waals surface area contributed by atoms with Crippen LogP contribution >= 0.6 is 0 Å². The molecule has 0 spiro atoms. The van der Waals surface area contributed by atoms with Crippen LogP contribution < -0.4 is 10.1 Å². The number of pyridine rings is 1. The molecule has 0 bridgehead atoms. The summed E-state index contributed by atoms with van der Waals surface area (Å²) in [6.45, 7) is -1.13. The molecule has 0 aliphatic heterocycles. The first-order chi connectivity index (χ1) is 14.2. The Labute approximate surface area is 164 Å². The first-order valence-electron chi connectivity index (χ1n) is 8.79. The summed E-state index contributed by atoms with van der Waals surface area (Å²) in [6, 6.07) is 13.7. The molecule has 2 heterocycles. The van der Waals surface area contributed by atoms with Crippen LogP contribution in [0.25, 0.3) is 11.0 Å². The van der Waals surface area contributed by atoms with Crippen molar-refractivity contribution in [3.05, 3.63) is 89.8 Å². The van der Waals surface area contributed by atoms with Gasteiger partial charge in [-0.3, -0.25) is 9.78 Å². The van der Waals surface area contributed by atoms with Crippen LogP contribution in [0.15, 0.2) is 67.1 Å². The second kappa shape index (κ2) is 8.05. The number of aromatic nitrogens is 3. The molecule has 2 N–H and O–H groups in total. The van der Waals surface area contributed by atoms with Crippen molar-refractivity contribution in [1.82, 2.24) is 20.3 Å². The van der Waals surface area contributed by atoms with Gasteiger partial charge in [-0.25, -0.2) is 13.8 Å². The molecule has 0 radical (unpaired) electrons. The lowest BCUT2D eigenvalue weighted by atomic mass is 10.0. The van der Waals surface area contributed by atoms with Gasteiger partial charge in [0.15, 0.2) is 11.6 Å². The zero-order valence-electron chi connectivity index (χ0n) is 15.1. The normalized spacial score (nSPS) is 11.9. The highest BCUT2D eigenvalue weighted by Gasteiger charge is 2.21. The molecule has 146 valence electrons. The highest BCUT2D eigenvalue weighted by Crippen LogP contribution is 2.26. The van der Waals surface area contributed by atoms with Crippen LogP contribution in [0.3, 0.4) is 0 Å². The highest BCUT2D eigenvalue weighted by molar-refractivity contribution is 5.97. The lowest BCUT2D eigenvalue weighted by molar-refractivity contribution is 0.0942. The predicted octanol–water partition coefficient (Wildman–Crippen LogP) is 3.92. The topological polar surface area (TPSA) is 79.9 Å². The molecular weight excluding hydrogens is 378 g/mol. The van der Waals surface area contributed by atoms with Gasteiger partial charge in [-0.2, -0.15) is 0 Å². The van der Waals surface area contributed by atoms with Crippen LogP contribution in [0.1, 0.15) is 27.7 Å². The highest BCUT2D eigenvalue weighted by atomic mass is 19.1. The summed E-state index contributed by atoms with van der Waals surface area (Å²) in [6.07, 6.45) is 3.13. The second-order valence-electron chi connectivity index (χ2n) is 6.24. The molecule has 6 nitrogen and oxygen atoms in total. The van der Waals surface area contributed by atoms with Crippen molar-refractivity contribution in [3.63, 3.8) is 0 Å². The number of carbonyl (C=O) groups excluding carboxylic acids is 1. The van der Waals surface area contributed by atoms with Gasteiger partial charge < -0.3 is 15.0 Å². The Morgan fingerprint density at radius 1 is 1.14 bits per heavy atom. The number of halogens is 2. The van der Waals surface area contributed by atoms with E-state index in [1.807, 2.05) is 0 Å². The van der Waals surface area contributed by atoms with Crippen LogP contribution in [0.4, 0.5) is 8.78 Å². The Balaban J connectivity index is 1.67. The molecule has 8 heteroatoms. The van der Waals surface area contributed by atoms with E-state index >= 15 is 0 Å². The monoisotopic (exact) mass is 394 g/mol. The maximum Gasteiger partial charge on any atom is 0.252 e. The number of ether oxygens (including phenoxy) is 1. The number of rotatable bonds is 6. The third kappa shape index (κ3) is 3.91. The molecule has 0 fully saturated rings. The Kier molecular flexibility index (Phi) is 5.15. The number of hydrogen-bond acceptors (Lipinski definition) is 4. The molecule has 4 aromatic rings. The average molecular weight is 394 g/mol. The first-order valence-corrected chi connectivity index (χ1v) is 8.79. The number of fused-ring (bicyclic) bond motifs is 1. The molecule has 0 unspecified atom stereocenters. The zero-order valence-corrected chi connectivity index (χ0v) is 15.1. The number of nitrogens with one attached hydrogen (secondary N) is 2. The molecule has 2 aromatic carbocycles. The molecule has 0 saturated heterocycles. The molecule has 4 rings (SSSR count). The second-order valence-corrected chi connectivity index (χ2v) is 6.24. The molecule has 0 saturated carbocycles. The van der Waals surface area contributed by atoms with Crippen molar-refractivity contribution in [2.45, 2.75) is 6.04 Å². The van der Waals surface area contributed by atoms with Gasteiger partial charge in [0.05, 0.1) is 29.1 Å². The third-order valence-electron chi connectivity index (χ3n) is 4.44. The number of alkyl halides is 1. The van der Waals surface area contributed by atoms with E-state index < -0.39 is 18.7 Å². The van der Waals surface area contributed by atoms with Crippen molar-refractivity contribution >= 4 is 16.9 Å². The van der Waals surface area contributed by atoms with E-state index in [9.17, 15) is 13.6 Å². The summed E-state index contributed by atoms with van der Waals surface area (Å²) in [7, 11) is 0. The number of imidazole rings is 1. The van der Waals surface area contributed by atoms with Crippen LogP contribution in [-0.2, 0) is 0 Å². The lowest BCUT2D eigenvalue weighted by Gasteiger charge is -2.19. The van der Waals surface area contributed by atoms with Crippen molar-refractivity contribution in [2.24, 2.45) is 0 Å². The minimum Gasteiger partial charge on any atom is -0.460 e. The molecule has 1 amide bonds. The number of benzene rings is 2. The van der Waals surface area contributed by atoms with Crippen LogP contribution in [0.5, 0.6) is 5.75 Å². The van der Waals surface area contributed by atoms with Gasteiger partial charge in [-0.1, -0.05) is 12.1 Å². The predicted molar refractivity (Wildman–Crippen MR) is 103 cm³/mol. The van der Waals surface area contributed by atoms with E-state index in [1.165, 1.54) is 12.1 Å². The van der Waals surface area contributed by atoms with Crippen LogP contribution in [0, 0.1) is 5.82 Å². The molecule has 2 aromatic heterocycles. The maximum atomic E-state index is 14.3. The van der Waals surface area contributed by atoms with E-state index in [0.717, 1.165) is 5.52 Å². The number of aromatic amines is 1. The largest absolute Gasteiger partial charge is 0.460 e. The summed E-state index contributed by atoms with van der Waals surface area (Å²) >= 11 is 0. The van der Waals surface area contributed by atoms with Gasteiger partial charge in [0.2, 0.25) is 6.86 Å². The van der Waals surface area contributed by atoms with Crippen molar-refractivity contribution in [2.75, 3.05) is 6.86 Å². The Bertz CT molecular complexity index is 1150. The minimum absolute atomic E-state index is 0.202. The van der Waals surface area contributed by atoms with Gasteiger partial charge in [-0.15, -0.1) is 0 Å². The summed E-state index contributed by atoms with van der Waals surface area (Å²) in [5.41, 5.74) is 2.85. The van der Waals surface area contributed by atoms with Crippen molar-refractivity contribution in [1.29, 1.82) is 0 Å². The fraction of sp³-hybridized carbons (Fsp3) is 0.0952. The summed E-state index contributed by atoms with van der Waals surface area (Å²) in [5, 5.41) is 2.88. The standard InChI is InChI=1S/C21H16F2N4O2/c22-11-29-19-7-5-13(9-15(19)23)20(17-3-1-2-8-24-17)27-21(28)14-4-6-16-18(10-14)26-12-25-16/h1-10,12,20H,11H2,(H,25,26)(H,27,28)/t20-/m0/s1. The smallest absolute Gasteiger partial charge is 0.252 e. The zero-order chi connectivity index (χ0) is 20.2. The van der Waals surface area contributed by atoms with E-state index in [4.69, 9.17) is 0 Å². The van der Waals surface area contributed by atoms with Crippen molar-refractivity contribution < 1.29 is 18.3 Å². The minimum atomic E-state index is -1.13. The fourth-order valence-electron chi connectivity index (χ4n) is 3.03. The van der Waals surface area contributed by atoms with E-state index in [-0.39, 0.29) is 11.7 Å². The summed E-state index contributed by atoms with van der Waals surface area (Å²) in [4.78, 5) is 24.3. The SMILES string of the molecule is O=C(N[C@@H](c1ccc(OCF)c(F)c1)c1ccccn1)c1ccc2[nH]cnc2c1. The number of H-pyrrole nitrogens is 1. The maximum absolute atomic E-state index is 14.3. The van der Waals surface area contributed by atoms with E-state index in [0.29, 0.717) is 22.3 Å². The lowest BCUT2D eigenvalue weighted by Crippen LogP contribution is -2.30. The Hall–Kier alpha value is -3.81. The summed E-state index contributed by atoms with van der Waals surface area (Å²) < 4.78 is 31.2. The molecule has 29 heavy (non-hydrogen) atoms. The van der Waals surface area contributed by atoms with Crippen LogP contribution in [-0.4, -0.2) is 27.7 Å². The number of amides is 1. The average Bonchev–Trinajstić information content (AvgIpc) is 3.22.